The molecule has 1 saturated heterocycles. The number of hydrogen-bond donors (Lipinski definition) is 0. The molecule has 0 aliphatic carbocycles. The summed E-state index contributed by atoms with van der Waals surface area (Å²) in [5.41, 5.74) is 0. The SMILES string of the molecule is CCCC(=O)N1CCCC(c2nc(COC)no2)C1. The van der Waals surface area contributed by atoms with Gasteiger partial charge >= 0.3 is 0 Å². The highest BCUT2D eigenvalue weighted by molar-refractivity contribution is 5.76. The molecule has 6 nitrogen and oxygen atoms in total. The number of carbonyl (C=O) groups excluding carboxylic acids is 1. The molecule has 2 heterocycles. The van der Waals surface area contributed by atoms with Gasteiger partial charge in [-0.3, -0.25) is 4.79 Å². The fourth-order valence-corrected chi connectivity index (χ4v) is 2.40. The third-order valence-corrected chi connectivity index (χ3v) is 3.34. The Hall–Kier alpha value is -1.43. The Kier molecular flexibility index (Phi) is 4.90. The maximum atomic E-state index is 11.9. The number of aromatic nitrogens is 2. The van der Waals surface area contributed by atoms with Gasteiger partial charge in [0.05, 0.1) is 5.92 Å². The highest BCUT2D eigenvalue weighted by Gasteiger charge is 2.28. The summed E-state index contributed by atoms with van der Waals surface area (Å²) in [6.07, 6.45) is 3.48. The first kappa shape index (κ1) is 14.0. The molecule has 1 unspecified atom stereocenters. The zero-order chi connectivity index (χ0) is 13.7. The van der Waals surface area contributed by atoms with E-state index in [1.165, 1.54) is 0 Å². The van der Waals surface area contributed by atoms with Crippen LogP contribution in [-0.4, -0.2) is 41.1 Å². The smallest absolute Gasteiger partial charge is 0.231 e. The lowest BCUT2D eigenvalue weighted by molar-refractivity contribution is -0.132. The molecular formula is C13H21N3O3. The van der Waals surface area contributed by atoms with Gasteiger partial charge in [0.15, 0.2) is 5.82 Å². The number of rotatable bonds is 5. The number of carbonyl (C=O) groups is 1. The van der Waals surface area contributed by atoms with Gasteiger partial charge < -0.3 is 14.2 Å². The van der Waals surface area contributed by atoms with E-state index in [0.717, 1.165) is 25.8 Å². The Morgan fingerprint density at radius 2 is 2.42 bits per heavy atom. The number of hydrogen-bond acceptors (Lipinski definition) is 5. The van der Waals surface area contributed by atoms with Crippen LogP contribution in [0.4, 0.5) is 0 Å². The highest BCUT2D eigenvalue weighted by Crippen LogP contribution is 2.26. The van der Waals surface area contributed by atoms with Gasteiger partial charge in [0, 0.05) is 26.6 Å². The Labute approximate surface area is 113 Å². The summed E-state index contributed by atoms with van der Waals surface area (Å²) in [5, 5.41) is 3.87. The number of nitrogens with zero attached hydrogens (tertiary/aromatic N) is 3. The largest absolute Gasteiger partial charge is 0.377 e. The number of ether oxygens (including phenoxy) is 1. The van der Waals surface area contributed by atoms with Crippen LogP contribution in [0.5, 0.6) is 0 Å². The van der Waals surface area contributed by atoms with E-state index in [0.29, 0.717) is 31.3 Å². The van der Waals surface area contributed by atoms with Gasteiger partial charge in [0.25, 0.3) is 0 Å². The summed E-state index contributed by atoms with van der Waals surface area (Å²) in [5.74, 6) is 1.58. The lowest BCUT2D eigenvalue weighted by atomic mass is 9.97. The van der Waals surface area contributed by atoms with Crippen LogP contribution >= 0.6 is 0 Å². The second kappa shape index (κ2) is 6.65. The first-order valence-electron chi connectivity index (χ1n) is 6.83. The normalized spacial score (nSPS) is 19.7. The van der Waals surface area contributed by atoms with E-state index in [2.05, 4.69) is 10.1 Å². The molecule has 1 atom stereocenters. The quantitative estimate of drug-likeness (QED) is 0.812. The Morgan fingerprint density at radius 3 is 3.16 bits per heavy atom. The minimum atomic E-state index is 0.160. The average molecular weight is 267 g/mol. The van der Waals surface area contributed by atoms with Gasteiger partial charge in [0.2, 0.25) is 11.8 Å². The molecule has 0 saturated carbocycles. The molecular weight excluding hydrogens is 246 g/mol. The predicted molar refractivity (Wildman–Crippen MR) is 68.5 cm³/mol. The number of methoxy groups -OCH3 is 1. The zero-order valence-corrected chi connectivity index (χ0v) is 11.6. The summed E-state index contributed by atoms with van der Waals surface area (Å²) in [6.45, 7) is 3.91. The van der Waals surface area contributed by atoms with Crippen molar-refractivity contribution in [3.63, 3.8) is 0 Å². The van der Waals surface area contributed by atoms with Gasteiger partial charge in [-0.05, 0) is 19.3 Å². The number of amides is 1. The highest BCUT2D eigenvalue weighted by atomic mass is 16.5. The van der Waals surface area contributed by atoms with Gasteiger partial charge in [-0.15, -0.1) is 0 Å². The van der Waals surface area contributed by atoms with Crippen molar-refractivity contribution in [1.29, 1.82) is 0 Å². The molecule has 1 aliphatic heterocycles. The minimum Gasteiger partial charge on any atom is -0.377 e. The van der Waals surface area contributed by atoms with Gasteiger partial charge in [-0.1, -0.05) is 12.1 Å². The van der Waals surface area contributed by atoms with E-state index < -0.39 is 0 Å². The van der Waals surface area contributed by atoms with Crippen LogP contribution in [0.15, 0.2) is 4.52 Å². The third-order valence-electron chi connectivity index (χ3n) is 3.34. The van der Waals surface area contributed by atoms with Crippen LogP contribution in [0.2, 0.25) is 0 Å². The molecule has 1 aromatic heterocycles. The molecule has 0 aromatic carbocycles. The molecule has 2 rings (SSSR count). The van der Waals surface area contributed by atoms with Crippen molar-refractivity contribution in [3.8, 4) is 0 Å². The molecule has 1 aliphatic rings. The van der Waals surface area contributed by atoms with E-state index in [4.69, 9.17) is 9.26 Å². The van der Waals surface area contributed by atoms with Crippen LogP contribution in [0, 0.1) is 0 Å². The molecule has 0 radical (unpaired) electrons. The van der Waals surface area contributed by atoms with Crippen LogP contribution in [0.1, 0.15) is 50.2 Å². The Morgan fingerprint density at radius 1 is 1.58 bits per heavy atom. The topological polar surface area (TPSA) is 68.5 Å². The first-order valence-corrected chi connectivity index (χ1v) is 6.83. The van der Waals surface area contributed by atoms with Crippen molar-refractivity contribution in [1.82, 2.24) is 15.0 Å². The maximum absolute atomic E-state index is 11.9. The van der Waals surface area contributed by atoms with Crippen molar-refractivity contribution in [2.45, 2.75) is 45.1 Å². The van der Waals surface area contributed by atoms with Gasteiger partial charge in [-0.25, -0.2) is 0 Å². The van der Waals surface area contributed by atoms with Crippen LogP contribution in [0.3, 0.4) is 0 Å². The lowest BCUT2D eigenvalue weighted by Crippen LogP contribution is -2.39. The van der Waals surface area contributed by atoms with Crippen molar-refractivity contribution < 1.29 is 14.1 Å². The summed E-state index contributed by atoms with van der Waals surface area (Å²) in [6, 6.07) is 0. The standard InChI is InChI=1S/C13H21N3O3/c1-3-5-12(17)16-7-4-6-10(8-16)13-14-11(9-18-2)15-19-13/h10H,3-9H2,1-2H3. The molecule has 106 valence electrons. The maximum Gasteiger partial charge on any atom is 0.231 e. The third kappa shape index (κ3) is 3.53. The molecule has 1 amide bonds. The molecule has 1 fully saturated rings. The minimum absolute atomic E-state index is 0.160. The fraction of sp³-hybridized carbons (Fsp3) is 0.769. The summed E-state index contributed by atoms with van der Waals surface area (Å²) >= 11 is 0. The molecule has 0 spiro atoms. The predicted octanol–water partition coefficient (Wildman–Crippen LogP) is 1.72. The second-order valence-electron chi connectivity index (χ2n) is 4.91. The molecule has 1 aromatic rings. The van der Waals surface area contributed by atoms with Crippen molar-refractivity contribution in [2.24, 2.45) is 0 Å². The molecule has 0 bridgehead atoms. The van der Waals surface area contributed by atoms with Crippen LogP contribution in [0.25, 0.3) is 0 Å². The molecule has 0 N–H and O–H groups in total. The van der Waals surface area contributed by atoms with Crippen LogP contribution < -0.4 is 0 Å². The van der Waals surface area contributed by atoms with Gasteiger partial charge in [-0.2, -0.15) is 4.98 Å². The Balaban J connectivity index is 1.97. The lowest BCUT2D eigenvalue weighted by Gasteiger charge is -2.31. The van der Waals surface area contributed by atoms with E-state index in [-0.39, 0.29) is 11.8 Å². The van der Waals surface area contributed by atoms with E-state index in [1.54, 1.807) is 7.11 Å². The fourth-order valence-electron chi connectivity index (χ4n) is 2.40. The number of piperidine rings is 1. The van der Waals surface area contributed by atoms with Crippen molar-refractivity contribution in [3.05, 3.63) is 11.7 Å². The zero-order valence-electron chi connectivity index (χ0n) is 11.6. The van der Waals surface area contributed by atoms with Gasteiger partial charge in [0.1, 0.15) is 6.61 Å². The molecule has 6 heteroatoms. The molecule has 19 heavy (non-hydrogen) atoms. The van der Waals surface area contributed by atoms with E-state index in [9.17, 15) is 4.79 Å². The van der Waals surface area contributed by atoms with E-state index in [1.807, 2.05) is 11.8 Å². The second-order valence-corrected chi connectivity index (χ2v) is 4.91. The summed E-state index contributed by atoms with van der Waals surface area (Å²) < 4.78 is 10.2. The van der Waals surface area contributed by atoms with Crippen molar-refractivity contribution >= 4 is 5.91 Å². The Bertz CT molecular complexity index is 419. The van der Waals surface area contributed by atoms with Crippen LogP contribution in [-0.2, 0) is 16.1 Å². The average Bonchev–Trinajstić information content (AvgIpc) is 2.88. The van der Waals surface area contributed by atoms with E-state index >= 15 is 0 Å². The van der Waals surface area contributed by atoms with Crippen molar-refractivity contribution in [2.75, 3.05) is 20.2 Å². The summed E-state index contributed by atoms with van der Waals surface area (Å²) in [7, 11) is 1.60. The first-order chi connectivity index (χ1) is 9.24. The monoisotopic (exact) mass is 267 g/mol. The number of likely N-dealkylation sites (tertiary alicyclic amines) is 1. The summed E-state index contributed by atoms with van der Waals surface area (Å²) in [4.78, 5) is 18.2.